The molecule has 0 unspecified atom stereocenters. The lowest BCUT2D eigenvalue weighted by molar-refractivity contribution is -0.135. The van der Waals surface area contributed by atoms with E-state index in [-0.39, 0.29) is 0 Å². The van der Waals surface area contributed by atoms with Crippen molar-refractivity contribution in [3.63, 3.8) is 0 Å². The largest absolute Gasteiger partial charge is 0.418 e. The van der Waals surface area contributed by atoms with Gasteiger partial charge in [-0.25, -0.2) is 9.59 Å². The van der Waals surface area contributed by atoms with Crippen LogP contribution in [0, 0.1) is 0 Å². The van der Waals surface area contributed by atoms with E-state index in [0.717, 1.165) is 11.1 Å². The van der Waals surface area contributed by atoms with Crippen molar-refractivity contribution in [2.45, 2.75) is 19.0 Å². The third kappa shape index (κ3) is 2.94. The Bertz CT molecular complexity index is 582. The summed E-state index contributed by atoms with van der Waals surface area (Å²) in [6.45, 7) is 0.378. The molecule has 0 aromatic heterocycles. The molecule has 0 aliphatic carbocycles. The summed E-state index contributed by atoms with van der Waals surface area (Å²) in [5, 5.41) is 0. The molecule has 1 fully saturated rings. The number of rotatable bonds is 4. The van der Waals surface area contributed by atoms with Gasteiger partial charge in [0.2, 0.25) is 0 Å². The average molecular weight is 281 g/mol. The molecular formula is C17H15NO3. The lowest BCUT2D eigenvalue weighted by Crippen LogP contribution is -2.36. The molecule has 1 amide bonds. The summed E-state index contributed by atoms with van der Waals surface area (Å²) >= 11 is 0. The Balaban J connectivity index is 1.79. The molecule has 4 heteroatoms. The first-order valence-electron chi connectivity index (χ1n) is 6.84. The minimum atomic E-state index is -0.565. The number of amides is 1. The summed E-state index contributed by atoms with van der Waals surface area (Å²) < 4.78 is 4.78. The van der Waals surface area contributed by atoms with Crippen LogP contribution in [0.3, 0.4) is 0 Å². The van der Waals surface area contributed by atoms with Gasteiger partial charge in [0.05, 0.1) is 0 Å². The van der Waals surface area contributed by atoms with Crippen molar-refractivity contribution >= 4 is 12.1 Å². The van der Waals surface area contributed by atoms with E-state index in [1.165, 1.54) is 4.90 Å². The number of cyclic esters (lactones) is 2. The highest BCUT2D eigenvalue weighted by Crippen LogP contribution is 2.21. The zero-order valence-corrected chi connectivity index (χ0v) is 11.4. The molecule has 0 spiro atoms. The molecule has 0 radical (unpaired) electrons. The van der Waals surface area contributed by atoms with Gasteiger partial charge in [-0.05, 0) is 11.1 Å². The van der Waals surface area contributed by atoms with Gasteiger partial charge >= 0.3 is 12.1 Å². The molecule has 1 aliphatic heterocycles. The molecular weight excluding hydrogens is 266 g/mol. The third-order valence-electron chi connectivity index (χ3n) is 3.54. The van der Waals surface area contributed by atoms with Crippen molar-refractivity contribution in [2.24, 2.45) is 0 Å². The van der Waals surface area contributed by atoms with Crippen molar-refractivity contribution < 1.29 is 14.3 Å². The van der Waals surface area contributed by atoms with Gasteiger partial charge in [0, 0.05) is 13.0 Å². The molecule has 2 aromatic carbocycles. The molecule has 0 saturated carbocycles. The van der Waals surface area contributed by atoms with E-state index in [4.69, 9.17) is 4.74 Å². The van der Waals surface area contributed by atoms with Gasteiger partial charge in [-0.1, -0.05) is 60.7 Å². The second-order valence-electron chi connectivity index (χ2n) is 5.01. The number of benzene rings is 2. The number of esters is 1. The maximum absolute atomic E-state index is 11.9. The highest BCUT2D eigenvalue weighted by Gasteiger charge is 2.40. The number of nitrogens with zero attached hydrogens (tertiary/aromatic N) is 1. The lowest BCUT2D eigenvalue weighted by atomic mass is 10.0. The lowest BCUT2D eigenvalue weighted by Gasteiger charge is -2.20. The topological polar surface area (TPSA) is 46.6 Å². The zero-order chi connectivity index (χ0) is 14.7. The number of carbonyl (C=O) groups is 2. The van der Waals surface area contributed by atoms with Crippen LogP contribution in [0.25, 0.3) is 0 Å². The first-order chi connectivity index (χ1) is 10.2. The van der Waals surface area contributed by atoms with Gasteiger partial charge in [0.25, 0.3) is 0 Å². The van der Waals surface area contributed by atoms with Gasteiger partial charge < -0.3 is 4.74 Å². The smallest absolute Gasteiger partial charge is 0.375 e. The van der Waals surface area contributed by atoms with E-state index >= 15 is 0 Å². The quantitative estimate of drug-likeness (QED) is 0.639. The van der Waals surface area contributed by atoms with Crippen molar-refractivity contribution in [3.05, 3.63) is 71.8 Å². The van der Waals surface area contributed by atoms with Crippen LogP contribution in [-0.4, -0.2) is 23.0 Å². The van der Waals surface area contributed by atoms with Crippen LogP contribution in [0.4, 0.5) is 4.79 Å². The second kappa shape index (κ2) is 5.79. The monoisotopic (exact) mass is 281 g/mol. The Morgan fingerprint density at radius 2 is 1.43 bits per heavy atom. The van der Waals surface area contributed by atoms with Crippen LogP contribution < -0.4 is 0 Å². The van der Waals surface area contributed by atoms with Crippen LogP contribution in [0.5, 0.6) is 0 Å². The average Bonchev–Trinajstić information content (AvgIpc) is 2.76. The Hall–Kier alpha value is -2.62. The van der Waals surface area contributed by atoms with Gasteiger partial charge in [0.15, 0.2) is 0 Å². The summed E-state index contributed by atoms with van der Waals surface area (Å²) in [6, 6.07) is 18.7. The number of carbonyl (C=O) groups excluding carboxylic acids is 2. The molecule has 0 bridgehead atoms. The maximum Gasteiger partial charge on any atom is 0.418 e. The van der Waals surface area contributed by atoms with Crippen LogP contribution in [0.1, 0.15) is 11.1 Å². The Morgan fingerprint density at radius 3 is 2.05 bits per heavy atom. The summed E-state index contributed by atoms with van der Waals surface area (Å²) in [5.41, 5.74) is 1.98. The molecule has 3 rings (SSSR count). The van der Waals surface area contributed by atoms with Crippen LogP contribution in [0.15, 0.2) is 60.7 Å². The zero-order valence-electron chi connectivity index (χ0n) is 11.4. The van der Waals surface area contributed by atoms with Gasteiger partial charge in [-0.3, -0.25) is 4.90 Å². The Labute approximate surface area is 123 Å². The fraction of sp³-hybridized carbons (Fsp3) is 0.176. The van der Waals surface area contributed by atoms with E-state index in [2.05, 4.69) is 0 Å². The van der Waals surface area contributed by atoms with E-state index in [1.807, 2.05) is 60.7 Å². The van der Waals surface area contributed by atoms with E-state index < -0.39 is 18.1 Å². The highest BCUT2D eigenvalue weighted by atomic mass is 16.6. The molecule has 1 saturated heterocycles. The van der Waals surface area contributed by atoms with Crippen molar-refractivity contribution in [1.82, 2.24) is 4.90 Å². The van der Waals surface area contributed by atoms with Crippen molar-refractivity contribution in [3.8, 4) is 0 Å². The number of hydrogen-bond acceptors (Lipinski definition) is 3. The number of hydrogen-bond donors (Lipinski definition) is 0. The fourth-order valence-corrected chi connectivity index (χ4v) is 2.45. The van der Waals surface area contributed by atoms with Crippen LogP contribution in [-0.2, 0) is 22.5 Å². The SMILES string of the molecule is O=C1OC(=O)N(Cc2ccccc2)[C@H]1Cc1ccccc1. The number of ether oxygens (including phenoxy) is 1. The summed E-state index contributed by atoms with van der Waals surface area (Å²) in [7, 11) is 0. The van der Waals surface area contributed by atoms with Crippen molar-refractivity contribution in [1.29, 1.82) is 0 Å². The molecule has 1 atom stereocenters. The summed E-state index contributed by atoms with van der Waals surface area (Å²) in [6.07, 6.45) is -0.0945. The van der Waals surface area contributed by atoms with E-state index in [1.54, 1.807) is 0 Å². The van der Waals surface area contributed by atoms with Gasteiger partial charge in [0.1, 0.15) is 6.04 Å². The molecule has 1 aliphatic rings. The Kier molecular flexibility index (Phi) is 3.69. The first kappa shape index (κ1) is 13.4. The molecule has 0 N–H and O–H groups in total. The normalized spacial score (nSPS) is 17.9. The van der Waals surface area contributed by atoms with Crippen LogP contribution >= 0.6 is 0 Å². The maximum atomic E-state index is 11.9. The first-order valence-corrected chi connectivity index (χ1v) is 6.84. The molecule has 106 valence electrons. The minimum absolute atomic E-state index is 0.378. The Morgan fingerprint density at radius 1 is 0.857 bits per heavy atom. The van der Waals surface area contributed by atoms with E-state index in [0.29, 0.717) is 13.0 Å². The summed E-state index contributed by atoms with van der Waals surface area (Å²) in [5.74, 6) is -0.472. The molecule has 4 nitrogen and oxygen atoms in total. The third-order valence-corrected chi connectivity index (χ3v) is 3.54. The standard InChI is InChI=1S/C17H15NO3/c19-16-15(11-13-7-3-1-4-8-13)18(17(20)21-16)12-14-9-5-2-6-10-14/h1-10,15H,11-12H2/t15-/m0/s1. The minimum Gasteiger partial charge on any atom is -0.375 e. The molecule has 21 heavy (non-hydrogen) atoms. The molecule has 1 heterocycles. The van der Waals surface area contributed by atoms with Crippen molar-refractivity contribution in [2.75, 3.05) is 0 Å². The predicted molar refractivity (Wildman–Crippen MR) is 77.4 cm³/mol. The van der Waals surface area contributed by atoms with E-state index in [9.17, 15) is 9.59 Å². The summed E-state index contributed by atoms with van der Waals surface area (Å²) in [4.78, 5) is 25.3. The van der Waals surface area contributed by atoms with Crippen LogP contribution in [0.2, 0.25) is 0 Å². The van der Waals surface area contributed by atoms with Gasteiger partial charge in [-0.2, -0.15) is 0 Å². The predicted octanol–water partition coefficient (Wildman–Crippen LogP) is 2.78. The highest BCUT2D eigenvalue weighted by molar-refractivity contribution is 5.95. The fourth-order valence-electron chi connectivity index (χ4n) is 2.45. The van der Waals surface area contributed by atoms with Gasteiger partial charge in [-0.15, -0.1) is 0 Å². The second-order valence-corrected chi connectivity index (χ2v) is 5.01. The molecule has 2 aromatic rings.